The highest BCUT2D eigenvalue weighted by Gasteiger charge is 2.36. The van der Waals surface area contributed by atoms with Gasteiger partial charge in [-0.3, -0.25) is 10.1 Å². The van der Waals surface area contributed by atoms with Crippen molar-refractivity contribution in [3.05, 3.63) is 93.5 Å². The monoisotopic (exact) mass is 448 g/mol. The van der Waals surface area contributed by atoms with Gasteiger partial charge in [-0.25, -0.2) is 4.79 Å². The van der Waals surface area contributed by atoms with Crippen LogP contribution in [0.15, 0.2) is 66.7 Å². The number of hydrogen-bond acceptors (Lipinski definition) is 7. The van der Waals surface area contributed by atoms with Crippen LogP contribution in [0.3, 0.4) is 0 Å². The topological polar surface area (TPSA) is 91.1 Å². The van der Waals surface area contributed by atoms with Gasteiger partial charge in [0.2, 0.25) is 0 Å². The molecule has 0 saturated carbocycles. The SMILES string of the molecule is COC(=O)[C@@H]1Cc2ccccc2N1Cc1cc(OC)c(OCc2ccccc2)cc1[N+](=O)[O-]. The van der Waals surface area contributed by atoms with Gasteiger partial charge in [0.15, 0.2) is 11.5 Å². The van der Waals surface area contributed by atoms with Gasteiger partial charge in [-0.15, -0.1) is 0 Å². The molecule has 4 rings (SSSR count). The first-order chi connectivity index (χ1) is 16.0. The molecule has 0 saturated heterocycles. The number of methoxy groups -OCH3 is 2. The third-order valence-corrected chi connectivity index (χ3v) is 5.70. The molecule has 0 aliphatic carbocycles. The van der Waals surface area contributed by atoms with E-state index in [1.165, 1.54) is 20.3 Å². The zero-order chi connectivity index (χ0) is 23.4. The maximum atomic E-state index is 12.5. The maximum absolute atomic E-state index is 12.5. The number of nitro groups is 1. The summed E-state index contributed by atoms with van der Waals surface area (Å²) in [5, 5.41) is 11.9. The summed E-state index contributed by atoms with van der Waals surface area (Å²) in [7, 11) is 2.83. The molecular weight excluding hydrogens is 424 g/mol. The molecule has 1 atom stereocenters. The van der Waals surface area contributed by atoms with Crippen LogP contribution in [0.1, 0.15) is 16.7 Å². The van der Waals surface area contributed by atoms with Gasteiger partial charge >= 0.3 is 5.97 Å². The number of rotatable bonds is 8. The summed E-state index contributed by atoms with van der Waals surface area (Å²) >= 11 is 0. The number of carbonyl (C=O) groups is 1. The molecule has 0 amide bonds. The van der Waals surface area contributed by atoms with Gasteiger partial charge in [0.05, 0.1) is 37.3 Å². The zero-order valence-electron chi connectivity index (χ0n) is 18.4. The van der Waals surface area contributed by atoms with E-state index < -0.39 is 11.0 Å². The van der Waals surface area contributed by atoms with Crippen LogP contribution in [0, 0.1) is 10.1 Å². The molecule has 1 heterocycles. The quantitative estimate of drug-likeness (QED) is 0.288. The molecule has 1 aliphatic rings. The largest absolute Gasteiger partial charge is 0.493 e. The molecule has 3 aromatic rings. The van der Waals surface area contributed by atoms with Crippen LogP contribution in [0.4, 0.5) is 11.4 Å². The minimum Gasteiger partial charge on any atom is -0.493 e. The van der Waals surface area contributed by atoms with E-state index in [2.05, 4.69) is 0 Å². The summed E-state index contributed by atoms with van der Waals surface area (Å²) in [5.74, 6) is 0.278. The standard InChI is InChI=1S/C25H24N2O6/c1-31-23-13-19(15-26-20-11-7-6-10-18(20)12-22(26)25(28)32-2)21(27(29)30)14-24(23)33-16-17-8-4-3-5-9-17/h3-11,13-14,22H,12,15-16H2,1-2H3/t22-/m0/s1. The lowest BCUT2D eigenvalue weighted by molar-refractivity contribution is -0.385. The molecule has 0 fully saturated rings. The van der Waals surface area contributed by atoms with Crippen molar-refractivity contribution in [1.82, 2.24) is 0 Å². The highest BCUT2D eigenvalue weighted by Crippen LogP contribution is 2.39. The first kappa shape index (κ1) is 22.1. The molecule has 0 bridgehead atoms. The second-order valence-electron chi connectivity index (χ2n) is 7.66. The van der Waals surface area contributed by atoms with Crippen molar-refractivity contribution in [3.63, 3.8) is 0 Å². The van der Waals surface area contributed by atoms with Crippen LogP contribution < -0.4 is 14.4 Å². The molecule has 3 aromatic carbocycles. The van der Waals surface area contributed by atoms with Crippen LogP contribution in [0.25, 0.3) is 0 Å². The van der Waals surface area contributed by atoms with Crippen LogP contribution in [-0.2, 0) is 29.1 Å². The van der Waals surface area contributed by atoms with E-state index in [-0.39, 0.29) is 30.6 Å². The summed E-state index contributed by atoms with van der Waals surface area (Å²) < 4.78 is 16.3. The van der Waals surface area contributed by atoms with Gasteiger partial charge in [0.1, 0.15) is 12.6 Å². The number of carbonyl (C=O) groups excluding carboxylic acids is 1. The summed E-state index contributed by atoms with van der Waals surface area (Å²) in [6, 6.07) is 19.6. The fourth-order valence-corrected chi connectivity index (χ4v) is 4.07. The molecule has 0 spiro atoms. The molecule has 8 heteroatoms. The fourth-order valence-electron chi connectivity index (χ4n) is 4.07. The number of benzene rings is 3. The van der Waals surface area contributed by atoms with Gasteiger partial charge in [0.25, 0.3) is 5.69 Å². The van der Waals surface area contributed by atoms with Crippen molar-refractivity contribution in [2.24, 2.45) is 0 Å². The highest BCUT2D eigenvalue weighted by atomic mass is 16.6. The van der Waals surface area contributed by atoms with Crippen molar-refractivity contribution >= 4 is 17.3 Å². The predicted molar refractivity (Wildman–Crippen MR) is 123 cm³/mol. The van der Waals surface area contributed by atoms with Crippen molar-refractivity contribution in [1.29, 1.82) is 0 Å². The van der Waals surface area contributed by atoms with E-state index in [9.17, 15) is 14.9 Å². The molecule has 1 aliphatic heterocycles. The third-order valence-electron chi connectivity index (χ3n) is 5.70. The smallest absolute Gasteiger partial charge is 0.328 e. The van der Waals surface area contributed by atoms with Crippen LogP contribution in [0.5, 0.6) is 11.5 Å². The Hall–Kier alpha value is -4.07. The first-order valence-corrected chi connectivity index (χ1v) is 10.5. The lowest BCUT2D eigenvalue weighted by Crippen LogP contribution is -2.39. The van der Waals surface area contributed by atoms with Crippen molar-refractivity contribution in [3.8, 4) is 11.5 Å². The zero-order valence-corrected chi connectivity index (χ0v) is 18.4. The maximum Gasteiger partial charge on any atom is 0.328 e. The lowest BCUT2D eigenvalue weighted by Gasteiger charge is -2.26. The molecule has 33 heavy (non-hydrogen) atoms. The second-order valence-corrected chi connectivity index (χ2v) is 7.66. The fraction of sp³-hybridized carbons (Fsp3) is 0.240. The summed E-state index contributed by atoms with van der Waals surface area (Å²) in [6.07, 6.45) is 0.478. The Morgan fingerprint density at radius 1 is 1.06 bits per heavy atom. The molecule has 0 unspecified atom stereocenters. The van der Waals surface area contributed by atoms with Gasteiger partial charge in [-0.2, -0.15) is 0 Å². The molecule has 0 radical (unpaired) electrons. The number of para-hydroxylation sites is 1. The van der Waals surface area contributed by atoms with Crippen molar-refractivity contribution < 1.29 is 23.9 Å². The number of fused-ring (bicyclic) bond motifs is 1. The van der Waals surface area contributed by atoms with Gasteiger partial charge in [0, 0.05) is 12.1 Å². The Balaban J connectivity index is 1.68. The summed E-state index contributed by atoms with van der Waals surface area (Å²) in [5.41, 5.74) is 3.08. The Kier molecular flexibility index (Phi) is 6.44. The number of nitro benzene ring substituents is 1. The van der Waals surface area contributed by atoms with Crippen LogP contribution in [-0.4, -0.2) is 31.2 Å². The lowest BCUT2D eigenvalue weighted by atomic mass is 10.1. The Morgan fingerprint density at radius 3 is 2.48 bits per heavy atom. The Morgan fingerprint density at radius 2 is 1.79 bits per heavy atom. The predicted octanol–water partition coefficient (Wildman–Crippen LogP) is 4.29. The number of nitrogens with zero attached hydrogens (tertiary/aromatic N) is 2. The first-order valence-electron chi connectivity index (χ1n) is 10.5. The third kappa shape index (κ3) is 4.59. The van der Waals surface area contributed by atoms with E-state index >= 15 is 0 Å². The van der Waals surface area contributed by atoms with Crippen LogP contribution in [0.2, 0.25) is 0 Å². The average Bonchev–Trinajstić information content (AvgIpc) is 3.21. The normalized spacial score (nSPS) is 14.5. The number of hydrogen-bond donors (Lipinski definition) is 0. The molecule has 170 valence electrons. The van der Waals surface area contributed by atoms with E-state index in [1.807, 2.05) is 59.5 Å². The van der Waals surface area contributed by atoms with Crippen molar-refractivity contribution in [2.75, 3.05) is 19.1 Å². The summed E-state index contributed by atoms with van der Waals surface area (Å²) in [6.45, 7) is 0.389. The van der Waals surface area contributed by atoms with E-state index in [0.717, 1.165) is 16.8 Å². The number of anilines is 1. The van der Waals surface area contributed by atoms with E-state index in [0.29, 0.717) is 17.7 Å². The Bertz CT molecular complexity index is 1160. The highest BCUT2D eigenvalue weighted by molar-refractivity contribution is 5.84. The minimum atomic E-state index is -0.563. The molecular formula is C25H24N2O6. The summed E-state index contributed by atoms with van der Waals surface area (Å²) in [4.78, 5) is 25.8. The van der Waals surface area contributed by atoms with Gasteiger partial charge < -0.3 is 19.1 Å². The van der Waals surface area contributed by atoms with Crippen LogP contribution >= 0.6 is 0 Å². The van der Waals surface area contributed by atoms with Gasteiger partial charge in [-0.1, -0.05) is 48.5 Å². The number of ether oxygens (including phenoxy) is 3. The number of esters is 1. The van der Waals surface area contributed by atoms with Crippen molar-refractivity contribution in [2.45, 2.75) is 25.6 Å². The molecule has 8 nitrogen and oxygen atoms in total. The minimum absolute atomic E-state index is 0.105. The second kappa shape index (κ2) is 9.60. The Labute approximate surface area is 191 Å². The van der Waals surface area contributed by atoms with E-state index in [1.54, 1.807) is 6.07 Å². The average molecular weight is 448 g/mol. The van der Waals surface area contributed by atoms with Gasteiger partial charge in [-0.05, 0) is 23.3 Å². The molecule has 0 aromatic heterocycles. The van der Waals surface area contributed by atoms with E-state index in [4.69, 9.17) is 14.2 Å². The molecule has 0 N–H and O–H groups in total.